The van der Waals surface area contributed by atoms with E-state index in [1.165, 1.54) is 9.70 Å². The summed E-state index contributed by atoms with van der Waals surface area (Å²) in [7, 11) is 0. The van der Waals surface area contributed by atoms with Gasteiger partial charge in [0.15, 0.2) is 6.04 Å². The van der Waals surface area contributed by atoms with Gasteiger partial charge in [-0.1, -0.05) is 44.2 Å². The molecule has 8 heteroatoms. The Kier molecular flexibility index (Phi) is 5.62. The van der Waals surface area contributed by atoms with E-state index in [9.17, 15) is 9.59 Å². The van der Waals surface area contributed by atoms with Gasteiger partial charge in [0.25, 0.3) is 0 Å². The molecule has 1 atom stereocenters. The number of aliphatic carboxylic acids is 1. The zero-order chi connectivity index (χ0) is 17.7. The standard InChI is InChI=1S/C16H21N5O3/c1-4-20(10-13(22)23)16(24)14(11(2)3)21-18-15(17-19-21)12-8-6-5-7-9-12/h5-9,11,14H,4,10H2,1-3H3,(H,22,23). The Morgan fingerprint density at radius 1 is 1.25 bits per heavy atom. The predicted molar refractivity (Wildman–Crippen MR) is 87.0 cm³/mol. The number of nitrogens with zero attached hydrogens (tertiary/aromatic N) is 5. The van der Waals surface area contributed by atoms with E-state index in [2.05, 4.69) is 15.4 Å². The van der Waals surface area contributed by atoms with Crippen LogP contribution in [0.15, 0.2) is 30.3 Å². The Labute approximate surface area is 140 Å². The molecule has 0 bridgehead atoms. The maximum absolute atomic E-state index is 12.7. The van der Waals surface area contributed by atoms with Crippen LogP contribution < -0.4 is 0 Å². The quantitative estimate of drug-likeness (QED) is 0.824. The minimum Gasteiger partial charge on any atom is -0.480 e. The Hall–Kier alpha value is -2.77. The van der Waals surface area contributed by atoms with Crippen molar-refractivity contribution in [3.8, 4) is 11.4 Å². The highest BCUT2D eigenvalue weighted by atomic mass is 16.4. The van der Waals surface area contributed by atoms with Crippen molar-refractivity contribution in [3.63, 3.8) is 0 Å². The van der Waals surface area contributed by atoms with Crippen LogP contribution in [0.25, 0.3) is 11.4 Å². The van der Waals surface area contributed by atoms with E-state index in [4.69, 9.17) is 5.11 Å². The van der Waals surface area contributed by atoms with Gasteiger partial charge in [0.05, 0.1) is 0 Å². The lowest BCUT2D eigenvalue weighted by Gasteiger charge is -2.26. The van der Waals surface area contributed by atoms with Crippen LogP contribution in [-0.2, 0) is 9.59 Å². The fourth-order valence-corrected chi connectivity index (χ4v) is 2.39. The zero-order valence-corrected chi connectivity index (χ0v) is 14.0. The average molecular weight is 331 g/mol. The van der Waals surface area contributed by atoms with Gasteiger partial charge in [-0.25, -0.2) is 0 Å². The lowest BCUT2D eigenvalue weighted by atomic mass is 10.0. The molecule has 1 heterocycles. The van der Waals surface area contributed by atoms with Gasteiger partial charge in [-0.15, -0.1) is 10.2 Å². The molecule has 0 radical (unpaired) electrons. The zero-order valence-electron chi connectivity index (χ0n) is 14.0. The summed E-state index contributed by atoms with van der Waals surface area (Å²) in [5, 5.41) is 21.3. The van der Waals surface area contributed by atoms with Crippen molar-refractivity contribution in [1.29, 1.82) is 0 Å². The largest absolute Gasteiger partial charge is 0.480 e. The molecule has 1 aromatic heterocycles. The predicted octanol–water partition coefficient (Wildman–Crippen LogP) is 1.47. The number of amides is 1. The van der Waals surface area contributed by atoms with Gasteiger partial charge >= 0.3 is 5.97 Å². The van der Waals surface area contributed by atoms with Gasteiger partial charge < -0.3 is 10.0 Å². The number of carbonyl (C=O) groups excluding carboxylic acids is 1. The van der Waals surface area contributed by atoms with E-state index in [0.29, 0.717) is 12.4 Å². The van der Waals surface area contributed by atoms with Crippen molar-refractivity contribution in [1.82, 2.24) is 25.1 Å². The molecule has 0 saturated heterocycles. The highest BCUT2D eigenvalue weighted by Crippen LogP contribution is 2.20. The molecule has 2 rings (SSSR count). The first kappa shape index (κ1) is 17.6. The number of tetrazole rings is 1. The van der Waals surface area contributed by atoms with Gasteiger partial charge in [0, 0.05) is 12.1 Å². The molecule has 1 N–H and O–H groups in total. The SMILES string of the molecule is CCN(CC(=O)O)C(=O)C(C(C)C)n1nnc(-c2ccccc2)n1. The number of carboxylic acids is 1. The molecule has 2 aromatic rings. The molecule has 1 aromatic carbocycles. The summed E-state index contributed by atoms with van der Waals surface area (Å²) in [5.74, 6) is -1.07. The van der Waals surface area contributed by atoms with Gasteiger partial charge in [-0.05, 0) is 18.1 Å². The van der Waals surface area contributed by atoms with Gasteiger partial charge in [-0.2, -0.15) is 4.80 Å². The van der Waals surface area contributed by atoms with Gasteiger partial charge in [0.2, 0.25) is 11.7 Å². The fourth-order valence-electron chi connectivity index (χ4n) is 2.39. The molecule has 0 fully saturated rings. The van der Waals surface area contributed by atoms with Crippen LogP contribution in [0.3, 0.4) is 0 Å². The van der Waals surface area contributed by atoms with Crippen LogP contribution in [0.1, 0.15) is 26.8 Å². The minimum absolute atomic E-state index is 0.113. The van der Waals surface area contributed by atoms with Crippen molar-refractivity contribution in [2.24, 2.45) is 5.92 Å². The van der Waals surface area contributed by atoms with Crippen LogP contribution in [0.2, 0.25) is 0 Å². The van der Waals surface area contributed by atoms with Crippen LogP contribution in [0.4, 0.5) is 0 Å². The number of hydrogen-bond acceptors (Lipinski definition) is 5. The Bertz CT molecular complexity index is 699. The molecule has 1 unspecified atom stereocenters. The third kappa shape index (κ3) is 3.95. The minimum atomic E-state index is -1.05. The molecule has 0 aliphatic rings. The molecule has 8 nitrogen and oxygen atoms in total. The van der Waals surface area contributed by atoms with Crippen LogP contribution in [0.5, 0.6) is 0 Å². The second-order valence-corrected chi connectivity index (χ2v) is 5.73. The van der Waals surface area contributed by atoms with E-state index in [-0.39, 0.29) is 18.4 Å². The number of hydrogen-bond donors (Lipinski definition) is 1. The molecule has 0 aliphatic carbocycles. The summed E-state index contributed by atoms with van der Waals surface area (Å²) in [6.07, 6.45) is 0. The van der Waals surface area contributed by atoms with Crippen LogP contribution >= 0.6 is 0 Å². The van der Waals surface area contributed by atoms with Crippen molar-refractivity contribution < 1.29 is 14.7 Å². The topological polar surface area (TPSA) is 101 Å². The summed E-state index contributed by atoms with van der Waals surface area (Å²) in [6.45, 7) is 5.42. The van der Waals surface area contributed by atoms with Crippen molar-refractivity contribution in [2.75, 3.05) is 13.1 Å². The van der Waals surface area contributed by atoms with E-state index >= 15 is 0 Å². The smallest absolute Gasteiger partial charge is 0.323 e. The second-order valence-electron chi connectivity index (χ2n) is 5.73. The average Bonchev–Trinajstić information content (AvgIpc) is 3.02. The first-order chi connectivity index (χ1) is 11.4. The lowest BCUT2D eigenvalue weighted by Crippen LogP contribution is -2.42. The highest BCUT2D eigenvalue weighted by molar-refractivity contribution is 5.84. The molecule has 0 spiro atoms. The fraction of sp³-hybridized carbons (Fsp3) is 0.438. The lowest BCUT2D eigenvalue weighted by molar-refractivity contribution is -0.146. The third-order valence-corrected chi connectivity index (χ3v) is 3.61. The van der Waals surface area contributed by atoms with Crippen molar-refractivity contribution in [3.05, 3.63) is 30.3 Å². The Morgan fingerprint density at radius 3 is 2.46 bits per heavy atom. The molecule has 24 heavy (non-hydrogen) atoms. The number of aromatic nitrogens is 4. The molecular weight excluding hydrogens is 310 g/mol. The normalized spacial score (nSPS) is 12.2. The van der Waals surface area contributed by atoms with E-state index in [1.54, 1.807) is 6.92 Å². The molecule has 1 amide bonds. The van der Waals surface area contributed by atoms with Crippen LogP contribution in [0, 0.1) is 5.92 Å². The summed E-state index contributed by atoms with van der Waals surface area (Å²) in [6, 6.07) is 8.64. The summed E-state index contributed by atoms with van der Waals surface area (Å²) < 4.78 is 0. The Balaban J connectivity index is 2.29. The number of carboxylic acid groups (broad SMARTS) is 1. The van der Waals surface area contributed by atoms with E-state index in [0.717, 1.165) is 5.56 Å². The molecular formula is C16H21N5O3. The first-order valence-corrected chi connectivity index (χ1v) is 7.79. The van der Waals surface area contributed by atoms with E-state index < -0.39 is 12.0 Å². The first-order valence-electron chi connectivity index (χ1n) is 7.79. The van der Waals surface area contributed by atoms with Crippen LogP contribution in [-0.4, -0.2) is 55.2 Å². The number of carbonyl (C=O) groups is 2. The number of benzene rings is 1. The van der Waals surface area contributed by atoms with Crippen molar-refractivity contribution >= 4 is 11.9 Å². The monoisotopic (exact) mass is 331 g/mol. The molecule has 0 aliphatic heterocycles. The maximum atomic E-state index is 12.7. The number of likely N-dealkylation sites (N-methyl/N-ethyl adjacent to an activating group) is 1. The van der Waals surface area contributed by atoms with Gasteiger partial charge in [0.1, 0.15) is 6.54 Å². The Morgan fingerprint density at radius 2 is 1.92 bits per heavy atom. The van der Waals surface area contributed by atoms with Gasteiger partial charge in [-0.3, -0.25) is 9.59 Å². The summed E-state index contributed by atoms with van der Waals surface area (Å²) in [4.78, 5) is 26.2. The maximum Gasteiger partial charge on any atom is 0.323 e. The second kappa shape index (κ2) is 7.67. The molecule has 128 valence electrons. The number of rotatable bonds is 7. The summed E-state index contributed by atoms with van der Waals surface area (Å²) >= 11 is 0. The molecule has 0 saturated carbocycles. The third-order valence-electron chi connectivity index (χ3n) is 3.61. The highest BCUT2D eigenvalue weighted by Gasteiger charge is 2.31. The van der Waals surface area contributed by atoms with E-state index in [1.807, 2.05) is 44.2 Å². The summed E-state index contributed by atoms with van der Waals surface area (Å²) in [5.41, 5.74) is 0.802. The van der Waals surface area contributed by atoms with Crippen molar-refractivity contribution in [2.45, 2.75) is 26.8 Å².